The Labute approximate surface area is 110 Å². The number of carbonyl (C=O) groups is 1. The zero-order valence-corrected chi connectivity index (χ0v) is 10.3. The number of carbonyl (C=O) groups excluding carboxylic acids is 1. The Morgan fingerprint density at radius 2 is 2.16 bits per heavy atom. The van der Waals surface area contributed by atoms with Crippen molar-refractivity contribution in [2.45, 2.75) is 13.0 Å². The maximum atomic E-state index is 11.8. The van der Waals surface area contributed by atoms with Gasteiger partial charge in [-0.3, -0.25) is 9.48 Å². The minimum absolute atomic E-state index is 0.136. The van der Waals surface area contributed by atoms with Crippen LogP contribution in [-0.4, -0.2) is 27.4 Å². The van der Waals surface area contributed by atoms with Crippen LogP contribution in [0.15, 0.2) is 36.7 Å². The molecule has 0 bridgehead atoms. The van der Waals surface area contributed by atoms with Gasteiger partial charge in [0.1, 0.15) is 0 Å². The molecular formula is C13H13N5O. The molecule has 1 N–H and O–H groups in total. The Bertz CT molecular complexity index is 568. The molecule has 0 saturated heterocycles. The first-order valence-electron chi connectivity index (χ1n) is 5.92. The van der Waals surface area contributed by atoms with Crippen LogP contribution in [0.25, 0.3) is 0 Å². The van der Waals surface area contributed by atoms with E-state index in [1.54, 1.807) is 41.3 Å². The van der Waals surface area contributed by atoms with Gasteiger partial charge in [-0.25, -0.2) is 0 Å². The van der Waals surface area contributed by atoms with E-state index in [0.717, 1.165) is 6.42 Å². The molecule has 0 aliphatic rings. The number of hydrogen-bond acceptors (Lipinski definition) is 4. The second-order valence-corrected chi connectivity index (χ2v) is 3.96. The van der Waals surface area contributed by atoms with E-state index in [4.69, 9.17) is 5.26 Å². The summed E-state index contributed by atoms with van der Waals surface area (Å²) in [6.45, 7) is 1.28. The van der Waals surface area contributed by atoms with Gasteiger partial charge in [-0.2, -0.15) is 5.26 Å². The van der Waals surface area contributed by atoms with Crippen LogP contribution in [0.3, 0.4) is 0 Å². The predicted octanol–water partition coefficient (Wildman–Crippen LogP) is 0.970. The third kappa shape index (κ3) is 3.64. The molecule has 6 heteroatoms. The molecule has 1 amide bonds. The first-order chi connectivity index (χ1) is 9.29. The highest BCUT2D eigenvalue weighted by atomic mass is 16.1. The van der Waals surface area contributed by atoms with E-state index in [1.807, 2.05) is 6.07 Å². The largest absolute Gasteiger partial charge is 0.352 e. The molecule has 1 aromatic carbocycles. The zero-order chi connectivity index (χ0) is 13.5. The summed E-state index contributed by atoms with van der Waals surface area (Å²) in [5.74, 6) is -0.136. The Morgan fingerprint density at radius 3 is 2.79 bits per heavy atom. The van der Waals surface area contributed by atoms with Gasteiger partial charge >= 0.3 is 0 Å². The number of aromatic nitrogens is 3. The van der Waals surface area contributed by atoms with Crippen molar-refractivity contribution >= 4 is 5.91 Å². The van der Waals surface area contributed by atoms with E-state index in [1.165, 1.54) is 0 Å². The monoisotopic (exact) mass is 255 g/mol. The topological polar surface area (TPSA) is 83.6 Å². The van der Waals surface area contributed by atoms with Crippen molar-refractivity contribution in [2.24, 2.45) is 0 Å². The number of benzene rings is 1. The molecule has 0 aliphatic carbocycles. The number of amides is 1. The average Bonchev–Trinajstić information content (AvgIpc) is 2.96. The maximum Gasteiger partial charge on any atom is 0.251 e. The van der Waals surface area contributed by atoms with Gasteiger partial charge in [0.05, 0.1) is 17.8 Å². The van der Waals surface area contributed by atoms with Crippen molar-refractivity contribution in [3.05, 3.63) is 47.8 Å². The van der Waals surface area contributed by atoms with Crippen LogP contribution in [0.5, 0.6) is 0 Å². The SMILES string of the molecule is N#Cc1ccc(C(=O)NCCCn2ccnn2)cc1. The van der Waals surface area contributed by atoms with E-state index < -0.39 is 0 Å². The molecule has 1 aromatic heterocycles. The highest BCUT2D eigenvalue weighted by Gasteiger charge is 2.04. The van der Waals surface area contributed by atoms with E-state index in [-0.39, 0.29) is 5.91 Å². The lowest BCUT2D eigenvalue weighted by Gasteiger charge is -2.05. The number of hydrogen-bond donors (Lipinski definition) is 1. The molecule has 0 atom stereocenters. The summed E-state index contributed by atoms with van der Waals surface area (Å²) in [5.41, 5.74) is 1.10. The Kier molecular flexibility index (Phi) is 4.24. The van der Waals surface area contributed by atoms with Crippen molar-refractivity contribution in [1.82, 2.24) is 20.3 Å². The summed E-state index contributed by atoms with van der Waals surface area (Å²) < 4.78 is 1.72. The van der Waals surface area contributed by atoms with Gasteiger partial charge in [0, 0.05) is 24.8 Å². The lowest BCUT2D eigenvalue weighted by atomic mass is 10.1. The number of aryl methyl sites for hydroxylation is 1. The summed E-state index contributed by atoms with van der Waals surface area (Å²) in [6, 6.07) is 8.56. The standard InChI is InChI=1S/C13H13N5O/c14-10-11-2-4-12(5-3-11)13(19)15-6-1-8-18-9-7-16-17-18/h2-5,7,9H,1,6,8H2,(H,15,19). The van der Waals surface area contributed by atoms with Crippen LogP contribution in [-0.2, 0) is 6.54 Å². The van der Waals surface area contributed by atoms with Gasteiger partial charge in [-0.05, 0) is 30.7 Å². The number of nitriles is 1. The minimum Gasteiger partial charge on any atom is -0.352 e. The molecule has 0 radical (unpaired) electrons. The second-order valence-electron chi connectivity index (χ2n) is 3.96. The number of nitrogens with one attached hydrogen (secondary N) is 1. The van der Waals surface area contributed by atoms with Crippen LogP contribution >= 0.6 is 0 Å². The van der Waals surface area contributed by atoms with Gasteiger partial charge in [-0.15, -0.1) is 5.10 Å². The molecule has 0 aliphatic heterocycles. The fourth-order valence-corrected chi connectivity index (χ4v) is 1.59. The lowest BCUT2D eigenvalue weighted by Crippen LogP contribution is -2.25. The zero-order valence-electron chi connectivity index (χ0n) is 10.3. The second kappa shape index (κ2) is 6.31. The molecule has 0 unspecified atom stereocenters. The van der Waals surface area contributed by atoms with Crippen molar-refractivity contribution in [1.29, 1.82) is 5.26 Å². The van der Waals surface area contributed by atoms with Crippen molar-refractivity contribution in [3.63, 3.8) is 0 Å². The van der Waals surface area contributed by atoms with Gasteiger partial charge in [0.2, 0.25) is 0 Å². The molecule has 19 heavy (non-hydrogen) atoms. The van der Waals surface area contributed by atoms with Crippen LogP contribution in [0.2, 0.25) is 0 Å². The average molecular weight is 255 g/mol. The van der Waals surface area contributed by atoms with E-state index >= 15 is 0 Å². The van der Waals surface area contributed by atoms with E-state index in [2.05, 4.69) is 15.6 Å². The third-order valence-corrected chi connectivity index (χ3v) is 2.60. The van der Waals surface area contributed by atoms with Gasteiger partial charge in [0.25, 0.3) is 5.91 Å². The Hall–Kier alpha value is -2.68. The summed E-state index contributed by atoms with van der Waals surface area (Å²) in [6.07, 6.45) is 4.18. The van der Waals surface area contributed by atoms with Crippen molar-refractivity contribution in [3.8, 4) is 6.07 Å². The fraction of sp³-hybridized carbons (Fsp3) is 0.231. The third-order valence-electron chi connectivity index (χ3n) is 2.60. The highest BCUT2D eigenvalue weighted by molar-refractivity contribution is 5.94. The molecule has 1 heterocycles. The summed E-state index contributed by atoms with van der Waals surface area (Å²) >= 11 is 0. The fourth-order valence-electron chi connectivity index (χ4n) is 1.59. The molecule has 0 fully saturated rings. The van der Waals surface area contributed by atoms with Gasteiger partial charge in [-0.1, -0.05) is 5.21 Å². The quantitative estimate of drug-likeness (QED) is 0.807. The molecule has 6 nitrogen and oxygen atoms in total. The summed E-state index contributed by atoms with van der Waals surface area (Å²) in [5, 5.41) is 19.0. The van der Waals surface area contributed by atoms with E-state index in [9.17, 15) is 4.79 Å². The van der Waals surface area contributed by atoms with Crippen LogP contribution < -0.4 is 5.32 Å². The van der Waals surface area contributed by atoms with Gasteiger partial charge in [0.15, 0.2) is 0 Å². The molecule has 2 aromatic rings. The Morgan fingerprint density at radius 1 is 1.37 bits per heavy atom. The highest BCUT2D eigenvalue weighted by Crippen LogP contribution is 2.03. The van der Waals surface area contributed by atoms with Crippen molar-refractivity contribution in [2.75, 3.05) is 6.54 Å². The summed E-state index contributed by atoms with van der Waals surface area (Å²) in [7, 11) is 0. The van der Waals surface area contributed by atoms with Crippen molar-refractivity contribution < 1.29 is 4.79 Å². The maximum absolute atomic E-state index is 11.8. The molecule has 0 spiro atoms. The van der Waals surface area contributed by atoms with Crippen LogP contribution in [0.1, 0.15) is 22.3 Å². The number of nitrogens with zero attached hydrogens (tertiary/aromatic N) is 4. The van der Waals surface area contributed by atoms with E-state index in [0.29, 0.717) is 24.2 Å². The van der Waals surface area contributed by atoms with Crippen LogP contribution in [0, 0.1) is 11.3 Å². The number of rotatable bonds is 5. The predicted molar refractivity (Wildman–Crippen MR) is 68.1 cm³/mol. The molecule has 96 valence electrons. The first kappa shape index (κ1) is 12.8. The minimum atomic E-state index is -0.136. The Balaban J connectivity index is 1.76. The molecule has 0 saturated carbocycles. The van der Waals surface area contributed by atoms with Gasteiger partial charge < -0.3 is 5.32 Å². The normalized spacial score (nSPS) is 9.84. The molecular weight excluding hydrogens is 242 g/mol. The molecule has 2 rings (SSSR count). The van der Waals surface area contributed by atoms with Crippen LogP contribution in [0.4, 0.5) is 0 Å². The first-order valence-corrected chi connectivity index (χ1v) is 5.92. The lowest BCUT2D eigenvalue weighted by molar-refractivity contribution is 0.0952. The smallest absolute Gasteiger partial charge is 0.251 e. The summed E-state index contributed by atoms with van der Waals surface area (Å²) in [4.78, 5) is 11.8.